The van der Waals surface area contributed by atoms with Crippen LogP contribution in [0.3, 0.4) is 0 Å². The molecule has 2 aliphatic carbocycles. The molecule has 50 heavy (non-hydrogen) atoms. The fourth-order valence-corrected chi connectivity index (χ4v) is 6.98. The first-order valence-corrected chi connectivity index (χ1v) is 18.4. The molecule has 13 heteroatoms. The highest BCUT2D eigenvalue weighted by molar-refractivity contribution is 7.11. The van der Waals surface area contributed by atoms with Crippen LogP contribution in [0.5, 0.6) is 0 Å². The van der Waals surface area contributed by atoms with Gasteiger partial charge in [-0.15, -0.1) is 11.3 Å². The number of aliphatic imine (C=N–C) groups is 1. The Morgan fingerprint density at radius 2 is 1.96 bits per heavy atom. The van der Waals surface area contributed by atoms with Crippen LogP contribution < -0.4 is 16.8 Å². The van der Waals surface area contributed by atoms with E-state index in [1.807, 2.05) is 37.3 Å². The van der Waals surface area contributed by atoms with Crippen molar-refractivity contribution in [3.8, 4) is 0 Å². The molecular formula is C37H51N5O7S. The molecule has 1 fully saturated rings. The molecule has 4 rings (SSSR count). The van der Waals surface area contributed by atoms with Gasteiger partial charge in [-0.05, 0) is 63.4 Å². The largest absolute Gasteiger partial charge is 0.480 e. The number of aliphatic carboxylic acids is 1. The lowest BCUT2D eigenvalue weighted by Crippen LogP contribution is -2.52. The normalized spacial score (nSPS) is 21.9. The number of nitrogens with zero attached hydrogens (tertiary/aromatic N) is 2. The zero-order chi connectivity index (χ0) is 36.0. The summed E-state index contributed by atoms with van der Waals surface area (Å²) in [6, 6.07) is -3.07. The van der Waals surface area contributed by atoms with Crippen molar-refractivity contribution in [3.63, 3.8) is 0 Å². The lowest BCUT2D eigenvalue weighted by molar-refractivity contribution is -0.145. The van der Waals surface area contributed by atoms with E-state index in [4.69, 9.17) is 20.9 Å². The van der Waals surface area contributed by atoms with E-state index in [9.17, 15) is 24.3 Å². The highest BCUT2D eigenvalue weighted by atomic mass is 32.1. The van der Waals surface area contributed by atoms with E-state index in [-0.39, 0.29) is 54.1 Å². The Hall–Kier alpha value is -3.78. The standard InChI is InChI=1S/C37H51N5O7S/c1-23-11-12-27(36-42-31(22-50-36)35(45)41-30(33(39)37(46)47)20-40-28-15-17-48-18-16-28)19-26(23)10-6-7-24(2)34(44)29(38)13-14-32(43)49-21-25-8-4-3-5-9-25/h3-5,8,11-12,20,22,24-26,28-30,33H,6-7,9-10,13-19,21,38-39H2,1-2H3,(H,41,45)(H,46,47). The molecule has 1 aromatic rings. The van der Waals surface area contributed by atoms with Crippen LogP contribution in [0.25, 0.3) is 5.57 Å². The minimum absolute atomic E-state index is 0.00603. The van der Waals surface area contributed by atoms with Crippen LogP contribution in [-0.2, 0) is 23.9 Å². The van der Waals surface area contributed by atoms with Gasteiger partial charge in [0.05, 0.1) is 24.7 Å². The molecule has 2 heterocycles. The number of hydrogen-bond acceptors (Lipinski definition) is 11. The number of carbonyl (C=O) groups is 4. The van der Waals surface area contributed by atoms with Gasteiger partial charge in [-0.25, -0.2) is 4.98 Å². The second-order valence-corrected chi connectivity index (χ2v) is 14.3. The Bertz CT molecular complexity index is 1490. The number of Topliss-reactive ketones (excluding diaryl/α,β-unsaturated/α-hetero) is 1. The first-order valence-electron chi connectivity index (χ1n) is 17.5. The van der Waals surface area contributed by atoms with Gasteiger partial charge < -0.3 is 31.4 Å². The summed E-state index contributed by atoms with van der Waals surface area (Å²) < 4.78 is 10.7. The van der Waals surface area contributed by atoms with Crippen molar-refractivity contribution in [2.24, 2.45) is 34.2 Å². The number of aromatic nitrogens is 1. The summed E-state index contributed by atoms with van der Waals surface area (Å²) in [5.41, 5.74) is 14.5. The fraction of sp³-hybridized carbons (Fsp3) is 0.568. The molecule has 6 N–H and O–H groups in total. The molecule has 1 aromatic heterocycles. The van der Waals surface area contributed by atoms with Gasteiger partial charge in [-0.1, -0.05) is 55.4 Å². The summed E-state index contributed by atoms with van der Waals surface area (Å²) in [7, 11) is 0. The number of rotatable bonds is 18. The predicted octanol–water partition coefficient (Wildman–Crippen LogP) is 4.41. The molecule has 1 aliphatic heterocycles. The third kappa shape index (κ3) is 11.9. The minimum atomic E-state index is -1.36. The number of carboxylic acid groups (broad SMARTS) is 1. The number of nitrogens with two attached hydrogens (primary N) is 2. The molecule has 0 spiro atoms. The zero-order valence-corrected chi connectivity index (χ0v) is 29.8. The van der Waals surface area contributed by atoms with E-state index in [2.05, 4.69) is 28.3 Å². The number of thiazole rings is 1. The molecule has 3 aliphatic rings. The van der Waals surface area contributed by atoms with E-state index in [0.29, 0.717) is 26.2 Å². The van der Waals surface area contributed by atoms with E-state index >= 15 is 0 Å². The van der Waals surface area contributed by atoms with Crippen LogP contribution in [0.15, 0.2) is 52.4 Å². The Morgan fingerprint density at radius 3 is 2.68 bits per heavy atom. The lowest BCUT2D eigenvalue weighted by Gasteiger charge is -2.23. The fourth-order valence-electron chi connectivity index (χ4n) is 6.15. The van der Waals surface area contributed by atoms with Gasteiger partial charge in [0, 0.05) is 43.1 Å². The summed E-state index contributed by atoms with van der Waals surface area (Å²) in [4.78, 5) is 59.0. The van der Waals surface area contributed by atoms with Gasteiger partial charge in [0.15, 0.2) is 5.78 Å². The maximum atomic E-state index is 13.1. The number of amides is 1. The first kappa shape index (κ1) is 39.0. The van der Waals surface area contributed by atoms with E-state index in [1.54, 1.807) is 5.38 Å². The summed E-state index contributed by atoms with van der Waals surface area (Å²) >= 11 is 1.36. The van der Waals surface area contributed by atoms with E-state index < -0.39 is 30.0 Å². The maximum Gasteiger partial charge on any atom is 0.323 e. The van der Waals surface area contributed by atoms with E-state index in [1.165, 1.54) is 23.1 Å². The van der Waals surface area contributed by atoms with Crippen LogP contribution in [0.2, 0.25) is 0 Å². The number of hydrogen-bond donors (Lipinski definition) is 4. The Kier molecular flexibility index (Phi) is 15.3. The van der Waals surface area contributed by atoms with Gasteiger partial charge in [0.25, 0.3) is 5.91 Å². The van der Waals surface area contributed by atoms with Crippen molar-refractivity contribution >= 4 is 46.8 Å². The van der Waals surface area contributed by atoms with Crippen molar-refractivity contribution in [2.75, 3.05) is 19.8 Å². The second kappa shape index (κ2) is 19.6. The molecule has 6 unspecified atom stereocenters. The van der Waals surface area contributed by atoms with Crippen LogP contribution in [0.4, 0.5) is 0 Å². The number of allylic oxidation sites excluding steroid dienone is 7. The van der Waals surface area contributed by atoms with Gasteiger partial charge in [-0.2, -0.15) is 0 Å². The van der Waals surface area contributed by atoms with Crippen molar-refractivity contribution in [2.45, 2.75) is 95.8 Å². The third-order valence-corrected chi connectivity index (χ3v) is 10.4. The SMILES string of the molecule is CC1=CC=C(c2nc(C(=O)NC(C=NC3CCOCC3)C(N)C(=O)O)cs2)CC1CCCC(C)C(=O)C(N)CCC(=O)OCC1C=CC=CC1. The molecule has 0 aromatic carbocycles. The van der Waals surface area contributed by atoms with Gasteiger partial charge in [0.2, 0.25) is 0 Å². The number of esters is 1. The highest BCUT2D eigenvalue weighted by Gasteiger charge is 2.28. The molecule has 272 valence electrons. The lowest BCUT2D eigenvalue weighted by atomic mass is 9.83. The molecule has 0 bridgehead atoms. The Labute approximate surface area is 298 Å². The maximum absolute atomic E-state index is 13.1. The van der Waals surface area contributed by atoms with Gasteiger partial charge in [-0.3, -0.25) is 24.2 Å². The number of carbonyl (C=O) groups excluding carboxylic acids is 3. The molecule has 12 nitrogen and oxygen atoms in total. The number of carboxylic acids is 1. The second-order valence-electron chi connectivity index (χ2n) is 13.4. The van der Waals surface area contributed by atoms with Crippen LogP contribution in [0.1, 0.15) is 87.1 Å². The number of nitrogens with one attached hydrogen (secondary N) is 1. The highest BCUT2D eigenvalue weighted by Crippen LogP contribution is 2.35. The summed E-state index contributed by atoms with van der Waals surface area (Å²) in [5, 5.41) is 14.6. The van der Waals surface area contributed by atoms with Crippen molar-refractivity contribution in [3.05, 3.63) is 58.1 Å². The van der Waals surface area contributed by atoms with Crippen molar-refractivity contribution in [1.29, 1.82) is 0 Å². The third-order valence-electron chi connectivity index (χ3n) is 9.52. The topological polar surface area (TPSA) is 196 Å². The first-order chi connectivity index (χ1) is 24.0. The number of ether oxygens (including phenoxy) is 2. The quantitative estimate of drug-likeness (QED) is 0.125. The van der Waals surface area contributed by atoms with Gasteiger partial charge in [0.1, 0.15) is 16.7 Å². The average molecular weight is 710 g/mol. The average Bonchev–Trinajstić information content (AvgIpc) is 3.63. The van der Waals surface area contributed by atoms with Crippen LogP contribution in [-0.4, -0.2) is 83.9 Å². The summed E-state index contributed by atoms with van der Waals surface area (Å²) in [5.74, 6) is -1.90. The Balaban J connectivity index is 1.22. The zero-order valence-electron chi connectivity index (χ0n) is 29.0. The molecule has 1 amide bonds. The van der Waals surface area contributed by atoms with Crippen molar-refractivity contribution < 1.29 is 33.8 Å². The minimum Gasteiger partial charge on any atom is -0.480 e. The van der Waals surface area contributed by atoms with Gasteiger partial charge >= 0.3 is 11.9 Å². The Morgan fingerprint density at radius 1 is 1.18 bits per heavy atom. The van der Waals surface area contributed by atoms with Crippen LogP contribution >= 0.6 is 11.3 Å². The number of ketones is 1. The molecule has 1 saturated heterocycles. The molecule has 0 saturated carbocycles. The molecule has 0 radical (unpaired) electrons. The predicted molar refractivity (Wildman–Crippen MR) is 194 cm³/mol. The van der Waals surface area contributed by atoms with Crippen LogP contribution in [0, 0.1) is 17.8 Å². The van der Waals surface area contributed by atoms with Crippen molar-refractivity contribution in [1.82, 2.24) is 10.3 Å². The summed E-state index contributed by atoms with van der Waals surface area (Å²) in [6.45, 7) is 5.50. The smallest absolute Gasteiger partial charge is 0.323 e. The monoisotopic (exact) mass is 709 g/mol. The molecular weight excluding hydrogens is 659 g/mol. The van der Waals surface area contributed by atoms with E-state index in [0.717, 1.165) is 49.1 Å². The molecule has 6 atom stereocenters. The summed E-state index contributed by atoms with van der Waals surface area (Å²) in [6.07, 6.45) is 19.3.